The lowest BCUT2D eigenvalue weighted by molar-refractivity contribution is -0.115. The molecule has 1 amide bonds. The van der Waals surface area contributed by atoms with Gasteiger partial charge in [-0.1, -0.05) is 39.7 Å². The number of carbonyl (C=O) groups excluding carboxylic acids is 1. The van der Waals surface area contributed by atoms with E-state index in [1.165, 1.54) is 0 Å². The van der Waals surface area contributed by atoms with Crippen molar-refractivity contribution in [2.24, 2.45) is 0 Å². The van der Waals surface area contributed by atoms with Crippen molar-refractivity contribution in [3.63, 3.8) is 0 Å². The summed E-state index contributed by atoms with van der Waals surface area (Å²) in [5.41, 5.74) is 2.36. The molecule has 2 aromatic carbocycles. The molecule has 0 bridgehead atoms. The van der Waals surface area contributed by atoms with Gasteiger partial charge in [0.1, 0.15) is 0 Å². The Morgan fingerprint density at radius 2 is 1.96 bits per heavy atom. The molecule has 4 nitrogen and oxygen atoms in total. The molecule has 0 aliphatic rings. The van der Waals surface area contributed by atoms with Crippen LogP contribution in [0.4, 0.5) is 11.4 Å². The van der Waals surface area contributed by atoms with Crippen molar-refractivity contribution in [1.29, 1.82) is 0 Å². The molecule has 2 aromatic rings. The lowest BCUT2D eigenvalue weighted by Gasteiger charge is -2.12. The zero-order chi connectivity index (χ0) is 16.8. The summed E-state index contributed by atoms with van der Waals surface area (Å²) in [5.74, 6) is -0.200. The third-order valence-electron chi connectivity index (χ3n) is 3.03. The minimum atomic E-state index is -0.200. The van der Waals surface area contributed by atoms with Crippen molar-refractivity contribution < 1.29 is 4.79 Å². The van der Waals surface area contributed by atoms with E-state index in [4.69, 9.17) is 23.8 Å². The molecule has 0 radical (unpaired) electrons. The molecule has 0 heterocycles. The smallest absolute Gasteiger partial charge is 0.243 e. The molecule has 0 aromatic heterocycles. The number of amides is 1. The molecule has 0 fully saturated rings. The highest BCUT2D eigenvalue weighted by atomic mass is 79.9. The monoisotopic (exact) mass is 411 g/mol. The number of benzene rings is 2. The van der Waals surface area contributed by atoms with E-state index in [1.54, 1.807) is 18.2 Å². The van der Waals surface area contributed by atoms with Gasteiger partial charge in [0.25, 0.3) is 0 Å². The molecule has 23 heavy (non-hydrogen) atoms. The molecular weight excluding hydrogens is 398 g/mol. The summed E-state index contributed by atoms with van der Waals surface area (Å²) in [6, 6.07) is 13.0. The van der Waals surface area contributed by atoms with Gasteiger partial charge in [0.2, 0.25) is 5.91 Å². The van der Waals surface area contributed by atoms with E-state index in [0.717, 1.165) is 15.7 Å². The average Bonchev–Trinajstić information content (AvgIpc) is 2.50. The predicted octanol–water partition coefficient (Wildman–Crippen LogP) is 4.34. The number of rotatable bonds is 4. The molecule has 0 aliphatic heterocycles. The van der Waals surface area contributed by atoms with Crippen molar-refractivity contribution in [1.82, 2.24) is 5.32 Å². The SMILES string of the molecule is Cc1c(Cl)cccc1NC(=O)CNC(=S)Nc1cccc(Br)c1. The molecule has 0 spiro atoms. The summed E-state index contributed by atoms with van der Waals surface area (Å²) in [6.07, 6.45) is 0. The maximum absolute atomic E-state index is 12.0. The summed E-state index contributed by atoms with van der Waals surface area (Å²) in [5, 5.41) is 9.66. The minimum Gasteiger partial charge on any atom is -0.353 e. The number of hydrogen-bond acceptors (Lipinski definition) is 2. The number of nitrogens with one attached hydrogen (secondary N) is 3. The van der Waals surface area contributed by atoms with E-state index in [2.05, 4.69) is 31.9 Å². The molecular formula is C16H15BrClN3OS. The van der Waals surface area contributed by atoms with Crippen molar-refractivity contribution in [3.05, 3.63) is 57.5 Å². The van der Waals surface area contributed by atoms with E-state index in [1.807, 2.05) is 31.2 Å². The Hall–Kier alpha value is -1.63. The first-order valence-corrected chi connectivity index (χ1v) is 8.39. The number of thiocarbonyl (C=S) groups is 1. The largest absolute Gasteiger partial charge is 0.353 e. The Balaban J connectivity index is 1.84. The quantitative estimate of drug-likeness (QED) is 0.654. The van der Waals surface area contributed by atoms with Gasteiger partial charge in [0.05, 0.1) is 6.54 Å². The fourth-order valence-electron chi connectivity index (χ4n) is 1.84. The number of hydrogen-bond donors (Lipinski definition) is 3. The van der Waals surface area contributed by atoms with Crippen LogP contribution >= 0.6 is 39.7 Å². The van der Waals surface area contributed by atoms with E-state index >= 15 is 0 Å². The van der Waals surface area contributed by atoms with Crippen LogP contribution in [0.25, 0.3) is 0 Å². The Kier molecular flexibility index (Phi) is 6.38. The van der Waals surface area contributed by atoms with Crippen LogP contribution in [-0.4, -0.2) is 17.6 Å². The highest BCUT2D eigenvalue weighted by molar-refractivity contribution is 9.10. The van der Waals surface area contributed by atoms with Crippen LogP contribution in [-0.2, 0) is 4.79 Å². The third-order valence-corrected chi connectivity index (χ3v) is 4.18. The molecule has 0 saturated carbocycles. The van der Waals surface area contributed by atoms with E-state index < -0.39 is 0 Å². The molecule has 0 atom stereocenters. The predicted molar refractivity (Wildman–Crippen MR) is 103 cm³/mol. The Labute approximate surface area is 153 Å². The lowest BCUT2D eigenvalue weighted by atomic mass is 10.2. The van der Waals surface area contributed by atoms with Crippen molar-refractivity contribution in [2.45, 2.75) is 6.92 Å². The van der Waals surface area contributed by atoms with Crippen LogP contribution in [0.3, 0.4) is 0 Å². The van der Waals surface area contributed by atoms with Gasteiger partial charge < -0.3 is 16.0 Å². The van der Waals surface area contributed by atoms with E-state index in [0.29, 0.717) is 15.8 Å². The fourth-order valence-corrected chi connectivity index (χ4v) is 2.60. The Morgan fingerprint density at radius 1 is 1.22 bits per heavy atom. The Morgan fingerprint density at radius 3 is 2.70 bits per heavy atom. The summed E-state index contributed by atoms with van der Waals surface area (Å²) < 4.78 is 0.944. The second kappa shape index (κ2) is 8.29. The normalized spacial score (nSPS) is 10.0. The molecule has 0 saturated heterocycles. The van der Waals surface area contributed by atoms with Gasteiger partial charge in [-0.25, -0.2) is 0 Å². The van der Waals surface area contributed by atoms with Gasteiger partial charge in [0, 0.05) is 20.9 Å². The van der Waals surface area contributed by atoms with Crippen LogP contribution in [0.15, 0.2) is 46.9 Å². The number of halogens is 2. The van der Waals surface area contributed by atoms with E-state index in [9.17, 15) is 4.79 Å². The number of carbonyl (C=O) groups is 1. The zero-order valence-electron chi connectivity index (χ0n) is 12.3. The molecule has 2 rings (SSSR count). The van der Waals surface area contributed by atoms with Gasteiger partial charge in [-0.15, -0.1) is 0 Å². The molecule has 0 unspecified atom stereocenters. The third kappa shape index (κ3) is 5.49. The second-order valence-electron chi connectivity index (χ2n) is 4.78. The van der Waals surface area contributed by atoms with Crippen molar-refractivity contribution in [3.8, 4) is 0 Å². The first-order chi connectivity index (χ1) is 11.0. The highest BCUT2D eigenvalue weighted by Gasteiger charge is 2.07. The molecule has 7 heteroatoms. The molecule has 120 valence electrons. The highest BCUT2D eigenvalue weighted by Crippen LogP contribution is 2.22. The number of anilines is 2. The molecule has 0 aliphatic carbocycles. The van der Waals surface area contributed by atoms with Gasteiger partial charge in [0.15, 0.2) is 5.11 Å². The Bertz CT molecular complexity index is 739. The van der Waals surface area contributed by atoms with Gasteiger partial charge >= 0.3 is 0 Å². The average molecular weight is 413 g/mol. The minimum absolute atomic E-state index is 0.0613. The van der Waals surface area contributed by atoms with Crippen LogP contribution in [0, 0.1) is 6.92 Å². The van der Waals surface area contributed by atoms with Crippen LogP contribution in [0.2, 0.25) is 5.02 Å². The van der Waals surface area contributed by atoms with Gasteiger partial charge in [-0.3, -0.25) is 4.79 Å². The van der Waals surface area contributed by atoms with Gasteiger partial charge in [-0.05, 0) is 55.0 Å². The topological polar surface area (TPSA) is 53.2 Å². The van der Waals surface area contributed by atoms with Crippen molar-refractivity contribution >= 4 is 62.1 Å². The summed E-state index contributed by atoms with van der Waals surface area (Å²) in [4.78, 5) is 12.0. The van der Waals surface area contributed by atoms with Crippen LogP contribution < -0.4 is 16.0 Å². The summed E-state index contributed by atoms with van der Waals surface area (Å²) >= 11 is 14.6. The zero-order valence-corrected chi connectivity index (χ0v) is 15.5. The van der Waals surface area contributed by atoms with Crippen LogP contribution in [0.5, 0.6) is 0 Å². The summed E-state index contributed by atoms with van der Waals surface area (Å²) in [7, 11) is 0. The maximum Gasteiger partial charge on any atom is 0.243 e. The van der Waals surface area contributed by atoms with Crippen molar-refractivity contribution in [2.75, 3.05) is 17.2 Å². The lowest BCUT2D eigenvalue weighted by Crippen LogP contribution is -2.35. The van der Waals surface area contributed by atoms with Gasteiger partial charge in [-0.2, -0.15) is 0 Å². The fraction of sp³-hybridized carbons (Fsp3) is 0.125. The van der Waals surface area contributed by atoms with Crippen LogP contribution in [0.1, 0.15) is 5.56 Å². The maximum atomic E-state index is 12.0. The summed E-state index contributed by atoms with van der Waals surface area (Å²) in [6.45, 7) is 1.91. The first-order valence-electron chi connectivity index (χ1n) is 6.81. The second-order valence-corrected chi connectivity index (χ2v) is 6.51. The van der Waals surface area contributed by atoms with E-state index in [-0.39, 0.29) is 12.5 Å². The standard InChI is InChI=1S/C16H15BrClN3OS/c1-10-13(18)6-3-7-14(10)21-15(22)9-19-16(23)20-12-5-2-4-11(17)8-12/h2-8H,9H2,1H3,(H,21,22)(H2,19,20,23). The molecule has 3 N–H and O–H groups in total. The first kappa shape index (κ1) is 17.7.